The Morgan fingerprint density at radius 1 is 0.976 bits per heavy atom. The first kappa shape index (κ1) is 31.1. The van der Waals surface area contributed by atoms with Crippen molar-refractivity contribution in [3.8, 4) is 0 Å². The maximum atomic E-state index is 13.8. The van der Waals surface area contributed by atoms with Gasteiger partial charge in [0, 0.05) is 45.0 Å². The molecule has 0 radical (unpaired) electrons. The third-order valence-corrected chi connectivity index (χ3v) is 12.1. The molecule has 236 valence electrons. The van der Waals surface area contributed by atoms with Crippen LogP contribution in [0, 0.1) is 47.3 Å². The Kier molecular flexibility index (Phi) is 9.97. The summed E-state index contributed by atoms with van der Waals surface area (Å²) in [6, 6.07) is 0.744. The molecular weight excluding hydrogens is 527 g/mol. The Balaban J connectivity index is 0.00000405. The molecule has 0 aromatic carbocycles. The van der Waals surface area contributed by atoms with Crippen molar-refractivity contribution < 1.29 is 24.2 Å². The average Bonchev–Trinajstić information content (AvgIpc) is 2.95. The van der Waals surface area contributed by atoms with Gasteiger partial charge >= 0.3 is 6.18 Å². The molecule has 0 spiro atoms. The van der Waals surface area contributed by atoms with Crippen molar-refractivity contribution in [1.29, 1.82) is 0 Å². The van der Waals surface area contributed by atoms with E-state index in [0.29, 0.717) is 36.8 Å². The van der Waals surface area contributed by atoms with E-state index in [9.17, 15) is 22.8 Å². The minimum Gasteiger partial charge on any atom is -0.353 e. The summed E-state index contributed by atoms with van der Waals surface area (Å²) in [5, 5.41) is 6.99. The summed E-state index contributed by atoms with van der Waals surface area (Å²) in [5.41, 5.74) is 0. The number of nitrogens with zero attached hydrogens (tertiary/aromatic N) is 1. The summed E-state index contributed by atoms with van der Waals surface area (Å²) in [7, 11) is 2.00. The number of carbonyl (C=O) groups is 2. The summed E-state index contributed by atoms with van der Waals surface area (Å²) in [5.74, 6) is 0.892. The summed E-state index contributed by atoms with van der Waals surface area (Å²) in [6.07, 6.45) is 9.26. The van der Waals surface area contributed by atoms with Crippen LogP contribution in [0.4, 0.5) is 13.2 Å². The van der Waals surface area contributed by atoms with E-state index < -0.39 is 18.0 Å². The number of likely N-dealkylation sites (tertiary alicyclic amines) is 1. The van der Waals surface area contributed by atoms with Gasteiger partial charge in [0.2, 0.25) is 11.8 Å². The highest BCUT2D eigenvalue weighted by Gasteiger charge is 2.48. The molecule has 5 nitrogen and oxygen atoms in total. The Labute approximate surface area is 247 Å². The first-order valence-electron chi connectivity index (χ1n) is 16.9. The lowest BCUT2D eigenvalue weighted by atomic mass is 9.65. The SMILES string of the molecule is CC1CCC(CCC2CC3C(CN2)CC(C2CC(NC(=O)C4CCCC(C(F)(F)F)C4)CCC2C)C(=O)N3C)CC1.[HH]. The van der Waals surface area contributed by atoms with Crippen LogP contribution in [0.2, 0.25) is 0 Å². The van der Waals surface area contributed by atoms with Gasteiger partial charge in [-0.2, -0.15) is 13.2 Å². The fraction of sp³-hybridized carbons (Fsp3) is 0.939. The fourth-order valence-electron chi connectivity index (χ4n) is 9.31. The van der Waals surface area contributed by atoms with E-state index in [1.165, 1.54) is 38.5 Å². The molecule has 2 saturated heterocycles. The third-order valence-electron chi connectivity index (χ3n) is 12.1. The van der Waals surface area contributed by atoms with Crippen LogP contribution in [0.5, 0.6) is 0 Å². The monoisotopic (exact) mass is 583 g/mol. The Morgan fingerprint density at radius 3 is 2.46 bits per heavy atom. The predicted molar refractivity (Wildman–Crippen MR) is 157 cm³/mol. The average molecular weight is 584 g/mol. The number of fused-ring (bicyclic) bond motifs is 1. The number of hydrogen-bond acceptors (Lipinski definition) is 3. The number of hydrogen-bond donors (Lipinski definition) is 2. The number of nitrogens with one attached hydrogen (secondary N) is 2. The predicted octanol–water partition coefficient (Wildman–Crippen LogP) is 6.95. The van der Waals surface area contributed by atoms with Gasteiger partial charge in [-0.05, 0) is 93.8 Å². The van der Waals surface area contributed by atoms with Gasteiger partial charge < -0.3 is 15.5 Å². The molecule has 2 N–H and O–H groups in total. The van der Waals surface area contributed by atoms with Gasteiger partial charge in [0.05, 0.1) is 5.92 Å². The zero-order chi connectivity index (χ0) is 29.3. The number of carbonyl (C=O) groups excluding carboxylic acids is 2. The summed E-state index contributed by atoms with van der Waals surface area (Å²) < 4.78 is 39.9. The van der Waals surface area contributed by atoms with Crippen molar-refractivity contribution in [2.24, 2.45) is 47.3 Å². The normalized spacial score (nSPS) is 42.4. The number of amides is 2. The molecule has 2 amide bonds. The van der Waals surface area contributed by atoms with Crippen molar-refractivity contribution in [3.05, 3.63) is 0 Å². The molecule has 5 rings (SSSR count). The van der Waals surface area contributed by atoms with Crippen LogP contribution < -0.4 is 10.6 Å². The number of piperidine rings is 2. The number of halogens is 3. The standard InChI is InChI=1S/C33H54F3N3O2.H2/c1-20-7-10-22(11-8-20)12-14-26-18-30-24(19-37-26)16-29(32(41)39(30)3)28-17-27(13-9-21(28)2)38-31(40)23-5-4-6-25(15-23)33(34,35)36;/h20-30,37H,4-19H2,1-3H3,(H,38,40);1H. The maximum Gasteiger partial charge on any atom is 0.391 e. The molecule has 3 aliphatic carbocycles. The van der Waals surface area contributed by atoms with Gasteiger partial charge in [0.15, 0.2) is 0 Å². The van der Waals surface area contributed by atoms with Crippen molar-refractivity contribution in [3.63, 3.8) is 0 Å². The summed E-state index contributed by atoms with van der Waals surface area (Å²) >= 11 is 0. The van der Waals surface area contributed by atoms with Gasteiger partial charge in [0.25, 0.3) is 0 Å². The van der Waals surface area contributed by atoms with Crippen LogP contribution in [0.3, 0.4) is 0 Å². The minimum atomic E-state index is -4.22. The number of rotatable bonds is 6. The first-order chi connectivity index (χ1) is 19.5. The van der Waals surface area contributed by atoms with Crippen molar-refractivity contribution in [2.75, 3.05) is 13.6 Å². The quantitative estimate of drug-likeness (QED) is 0.356. The van der Waals surface area contributed by atoms with Crippen molar-refractivity contribution >= 4 is 11.8 Å². The largest absolute Gasteiger partial charge is 0.391 e. The van der Waals surface area contributed by atoms with Gasteiger partial charge in [-0.3, -0.25) is 9.59 Å². The smallest absolute Gasteiger partial charge is 0.353 e. The van der Waals surface area contributed by atoms with E-state index in [1.54, 1.807) is 0 Å². The fourth-order valence-corrected chi connectivity index (χ4v) is 9.31. The van der Waals surface area contributed by atoms with Crippen LogP contribution in [-0.4, -0.2) is 54.6 Å². The second kappa shape index (κ2) is 13.1. The zero-order valence-electron chi connectivity index (χ0n) is 25.6. The van der Waals surface area contributed by atoms with Crippen LogP contribution in [0.1, 0.15) is 112 Å². The molecule has 2 aliphatic heterocycles. The van der Waals surface area contributed by atoms with Crippen LogP contribution in [-0.2, 0) is 9.59 Å². The van der Waals surface area contributed by atoms with Crippen LogP contribution in [0.25, 0.3) is 0 Å². The molecular formula is C33H56F3N3O2. The molecule has 9 unspecified atom stereocenters. The van der Waals surface area contributed by atoms with Crippen LogP contribution >= 0.6 is 0 Å². The van der Waals surface area contributed by atoms with E-state index in [2.05, 4.69) is 29.4 Å². The molecule has 3 saturated carbocycles. The topological polar surface area (TPSA) is 61.4 Å². The highest BCUT2D eigenvalue weighted by molar-refractivity contribution is 5.80. The Morgan fingerprint density at radius 2 is 1.73 bits per heavy atom. The summed E-state index contributed by atoms with van der Waals surface area (Å²) in [6.45, 7) is 5.58. The molecule has 8 heteroatoms. The zero-order valence-corrected chi connectivity index (χ0v) is 25.6. The van der Waals surface area contributed by atoms with Gasteiger partial charge in [-0.25, -0.2) is 0 Å². The molecule has 5 aliphatic rings. The van der Waals surface area contributed by atoms with Crippen LogP contribution in [0.15, 0.2) is 0 Å². The van der Waals surface area contributed by atoms with Gasteiger partial charge in [0.1, 0.15) is 0 Å². The molecule has 0 aromatic heterocycles. The van der Waals surface area contributed by atoms with Gasteiger partial charge in [-0.1, -0.05) is 46.0 Å². The molecule has 0 bridgehead atoms. The summed E-state index contributed by atoms with van der Waals surface area (Å²) in [4.78, 5) is 28.9. The van der Waals surface area contributed by atoms with E-state index >= 15 is 0 Å². The molecule has 5 fully saturated rings. The minimum absolute atomic E-state index is 0. The second-order valence-corrected chi connectivity index (χ2v) is 14.9. The molecule has 41 heavy (non-hydrogen) atoms. The van der Waals surface area contributed by atoms with E-state index in [1.807, 2.05) is 7.05 Å². The lowest BCUT2D eigenvalue weighted by Crippen LogP contribution is -2.60. The van der Waals surface area contributed by atoms with Crippen molar-refractivity contribution in [2.45, 2.75) is 134 Å². The maximum absolute atomic E-state index is 13.8. The Hall–Kier alpha value is -1.31. The second-order valence-electron chi connectivity index (χ2n) is 14.9. The van der Waals surface area contributed by atoms with E-state index in [4.69, 9.17) is 0 Å². The molecule has 2 heterocycles. The lowest BCUT2D eigenvalue weighted by molar-refractivity contribution is -0.186. The molecule has 9 atom stereocenters. The molecule has 0 aromatic rings. The lowest BCUT2D eigenvalue weighted by Gasteiger charge is -2.51. The van der Waals surface area contributed by atoms with Crippen molar-refractivity contribution in [1.82, 2.24) is 15.5 Å². The Bertz CT molecular complexity index is 911. The highest BCUT2D eigenvalue weighted by Crippen LogP contribution is 2.44. The van der Waals surface area contributed by atoms with E-state index in [0.717, 1.165) is 50.5 Å². The van der Waals surface area contributed by atoms with E-state index in [-0.39, 0.29) is 44.0 Å². The number of alkyl halides is 3. The van der Waals surface area contributed by atoms with Gasteiger partial charge in [-0.15, -0.1) is 0 Å². The highest BCUT2D eigenvalue weighted by atomic mass is 19.4. The third kappa shape index (κ3) is 7.44. The first-order valence-corrected chi connectivity index (χ1v) is 16.9.